The minimum Gasteiger partial charge on any atom is -0.506 e. The highest BCUT2D eigenvalue weighted by Crippen LogP contribution is 2.59. The van der Waals surface area contributed by atoms with E-state index >= 15 is 0 Å². The Kier molecular flexibility index (Phi) is 20.1. The van der Waals surface area contributed by atoms with Crippen molar-refractivity contribution in [1.82, 2.24) is 10.3 Å². The number of amides is 1. The maximum Gasteiger partial charge on any atom is 0.340 e. The van der Waals surface area contributed by atoms with Crippen LogP contribution in [0.15, 0.2) is 143 Å². The minimum absolute atomic E-state index is 0.0467. The van der Waals surface area contributed by atoms with E-state index in [0.29, 0.717) is 51.3 Å². The number of aromatic nitrogens is 1. The summed E-state index contributed by atoms with van der Waals surface area (Å²) in [5.41, 5.74) is 0.651. The molecule has 3 N–H and O–H groups in total. The number of ether oxygens (including phenoxy) is 6. The molecule has 3 aliphatic heterocycles. The van der Waals surface area contributed by atoms with E-state index in [-0.39, 0.29) is 134 Å². The number of nitrogens with one attached hydrogen (secondary N) is 1. The molecule has 0 bridgehead atoms. The molecule has 23 nitrogen and oxygen atoms in total. The molecule has 1 aromatic heterocycles. The van der Waals surface area contributed by atoms with Crippen molar-refractivity contribution in [3.63, 3.8) is 0 Å². The van der Waals surface area contributed by atoms with Gasteiger partial charge in [0.2, 0.25) is 5.43 Å². The third-order valence-electron chi connectivity index (χ3n) is 13.9. The molecule has 1 aliphatic carbocycles. The predicted octanol–water partition coefficient (Wildman–Crippen LogP) is 12.9. The Balaban J connectivity index is 0.000000209. The maximum atomic E-state index is 13.1. The van der Waals surface area contributed by atoms with E-state index in [1.54, 1.807) is 30.6 Å². The van der Waals surface area contributed by atoms with Crippen molar-refractivity contribution in [3.8, 4) is 51.2 Å². The number of fused-ring (bicyclic) bond motifs is 8. The molecule has 0 fully saturated rings. The van der Waals surface area contributed by atoms with Gasteiger partial charge in [0.25, 0.3) is 23.8 Å². The van der Waals surface area contributed by atoms with Gasteiger partial charge in [0, 0.05) is 106 Å². The Morgan fingerprint density at radius 1 is 0.744 bits per heavy atom. The third-order valence-corrected chi connectivity index (χ3v) is 15.2. The number of hydrogen-bond donors (Lipinski definition) is 3. The van der Waals surface area contributed by atoms with Crippen molar-refractivity contribution in [2.45, 2.75) is 32.3 Å². The number of rotatable bonds is 18. The summed E-state index contributed by atoms with van der Waals surface area (Å²) in [4.78, 5) is 97.8. The normalized spacial score (nSPS) is 13.2. The van der Waals surface area contributed by atoms with Crippen LogP contribution in [0.2, 0.25) is 20.1 Å². The molecule has 1 atom stereocenters. The van der Waals surface area contributed by atoms with E-state index in [2.05, 4.69) is 10.3 Å². The van der Waals surface area contributed by atoms with Crippen LogP contribution < -0.4 is 25.0 Å². The number of benzene rings is 7. The Hall–Kier alpha value is -10.0. The number of pyridine rings is 1. The number of hydrogen-bond acceptors (Lipinski definition) is 19. The maximum absolute atomic E-state index is 13.1. The monoisotopic (exact) mass is 1300 g/mol. The fourth-order valence-corrected chi connectivity index (χ4v) is 10.5. The highest BCUT2D eigenvalue weighted by molar-refractivity contribution is 6.34. The molecule has 460 valence electrons. The lowest BCUT2D eigenvalue weighted by Gasteiger charge is -2.37. The van der Waals surface area contributed by atoms with Gasteiger partial charge in [0.05, 0.1) is 61.9 Å². The summed E-state index contributed by atoms with van der Waals surface area (Å²) in [5.74, 6) is -2.23. The summed E-state index contributed by atoms with van der Waals surface area (Å²) in [6.07, 6.45) is 4.22. The Morgan fingerprint density at radius 3 is 2.13 bits per heavy atom. The largest absolute Gasteiger partial charge is 0.506 e. The minimum atomic E-state index is -1.49. The quantitative estimate of drug-likeness (QED) is 0.0137. The number of nitro benzene ring substituents is 2. The van der Waals surface area contributed by atoms with Crippen LogP contribution in [0.3, 0.4) is 0 Å². The number of nitro groups is 2. The van der Waals surface area contributed by atoms with Crippen molar-refractivity contribution in [2.24, 2.45) is 0 Å². The molecule has 0 saturated heterocycles. The van der Waals surface area contributed by atoms with Gasteiger partial charge in [-0.25, -0.2) is 9.59 Å². The molecule has 4 aliphatic rings. The van der Waals surface area contributed by atoms with Crippen LogP contribution in [-0.4, -0.2) is 88.3 Å². The van der Waals surface area contributed by atoms with E-state index < -0.39 is 44.7 Å². The van der Waals surface area contributed by atoms with Crippen LogP contribution in [-0.2, 0) is 35.8 Å². The number of aryl methyl sites for hydroxylation is 2. The van der Waals surface area contributed by atoms with Gasteiger partial charge in [-0.1, -0.05) is 52.5 Å². The van der Waals surface area contributed by atoms with Crippen LogP contribution >= 0.6 is 46.4 Å². The lowest BCUT2D eigenvalue weighted by atomic mass is 9.77. The number of halogens is 4. The molecular weight excluding hydrogens is 1260 g/mol. The summed E-state index contributed by atoms with van der Waals surface area (Å²) in [7, 11) is 0. The lowest BCUT2D eigenvalue weighted by molar-refractivity contribution is -0.394. The van der Waals surface area contributed by atoms with Crippen molar-refractivity contribution in [3.05, 3.63) is 229 Å². The van der Waals surface area contributed by atoms with Gasteiger partial charge in [-0.05, 0) is 116 Å². The topological polar surface area (TPSA) is 323 Å². The highest BCUT2D eigenvalue weighted by Gasteiger charge is 2.54. The second kappa shape index (κ2) is 28.0. The van der Waals surface area contributed by atoms with Gasteiger partial charge in [0.1, 0.15) is 34.3 Å². The number of phenols is 1. The van der Waals surface area contributed by atoms with Crippen LogP contribution in [0, 0.1) is 27.2 Å². The van der Waals surface area contributed by atoms with Crippen molar-refractivity contribution in [1.29, 1.82) is 0 Å². The molecule has 11 rings (SSSR count). The van der Waals surface area contributed by atoms with Gasteiger partial charge >= 0.3 is 17.9 Å². The van der Waals surface area contributed by atoms with Crippen molar-refractivity contribution in [2.75, 3.05) is 33.0 Å². The van der Waals surface area contributed by atoms with Crippen LogP contribution in [0.25, 0.3) is 33.4 Å². The van der Waals surface area contributed by atoms with Gasteiger partial charge in [-0.2, -0.15) is 0 Å². The fourth-order valence-electron chi connectivity index (χ4n) is 9.83. The van der Waals surface area contributed by atoms with E-state index in [0.717, 1.165) is 17.7 Å². The second-order valence-corrected chi connectivity index (χ2v) is 21.3. The first kappa shape index (κ1) is 64.5. The zero-order chi connectivity index (χ0) is 64.6. The molecule has 1 amide bonds. The summed E-state index contributed by atoms with van der Waals surface area (Å²) >= 11 is 25.2. The average Bonchev–Trinajstić information content (AvgIpc) is 1.42. The van der Waals surface area contributed by atoms with Gasteiger partial charge < -0.3 is 48.4 Å². The third kappa shape index (κ3) is 14.0. The lowest BCUT2D eigenvalue weighted by Crippen LogP contribution is -2.33. The molecule has 1 spiro atoms. The average molecular weight is 1300 g/mol. The second-order valence-electron chi connectivity index (χ2n) is 19.6. The Morgan fingerprint density at radius 2 is 1.47 bits per heavy atom. The van der Waals surface area contributed by atoms with E-state index in [4.69, 9.17) is 79.2 Å². The molecule has 4 heterocycles. The number of carbonyl (C=O) groups is 5. The summed E-state index contributed by atoms with van der Waals surface area (Å²) in [6, 6.07) is 29.3. The zero-order valence-electron chi connectivity index (χ0n) is 46.9. The smallest absolute Gasteiger partial charge is 0.340 e. The zero-order valence-corrected chi connectivity index (χ0v) is 49.9. The predicted molar refractivity (Wildman–Crippen MR) is 327 cm³/mol. The van der Waals surface area contributed by atoms with Crippen LogP contribution in [0.1, 0.15) is 72.2 Å². The highest BCUT2D eigenvalue weighted by atomic mass is 35.5. The molecule has 6 aromatic carbocycles. The SMILES string of the molecule is CC(=O)Oc1cc2c(cc1Cl)C1(OC(=O)c3ccc(OC=O)cc31)c1cc(Cl)c(C)cc1O2.O=C(NCCOCCOCCCc1ccc([N+](=O)[O-])cc1[N+](=O)[O-])c1ccc(C(=O)O)c(-c2c3cc(Cl)c(=O)cc-3oc3cc(O)c(Cl)cc23)c1.c1ccncc1. The van der Waals surface area contributed by atoms with Crippen LogP contribution in [0.4, 0.5) is 11.4 Å². The molecule has 90 heavy (non-hydrogen) atoms. The number of carboxylic acids is 1. The molecule has 1 unspecified atom stereocenters. The molecule has 0 radical (unpaired) electrons. The Bertz CT molecular complexity index is 4350. The first-order valence-electron chi connectivity index (χ1n) is 26.8. The number of carboxylic acid groups (broad SMARTS) is 1. The van der Waals surface area contributed by atoms with E-state index in [1.807, 2.05) is 25.1 Å². The summed E-state index contributed by atoms with van der Waals surface area (Å²) in [6.45, 7) is 4.24. The van der Waals surface area contributed by atoms with Crippen molar-refractivity contribution < 1.29 is 76.9 Å². The first-order chi connectivity index (χ1) is 43.1. The number of aromatic carboxylic acids is 1. The van der Waals surface area contributed by atoms with Gasteiger partial charge in [0.15, 0.2) is 11.4 Å². The van der Waals surface area contributed by atoms with Gasteiger partial charge in [-0.15, -0.1) is 0 Å². The first-order valence-corrected chi connectivity index (χ1v) is 28.3. The molecule has 27 heteroatoms. The van der Waals surface area contributed by atoms with E-state index in [9.17, 15) is 59.2 Å². The van der Waals surface area contributed by atoms with E-state index in [1.165, 1.54) is 79.7 Å². The Labute approximate surface area is 528 Å². The fraction of sp³-hybridized carbons (Fsp3) is 0.159. The molecular formula is C63H46Cl4N4O19. The summed E-state index contributed by atoms with van der Waals surface area (Å²) in [5, 5.41) is 45.8. The molecule has 7 aromatic rings. The van der Waals surface area contributed by atoms with Crippen LogP contribution in [0.5, 0.6) is 28.7 Å². The summed E-state index contributed by atoms with van der Waals surface area (Å²) < 4.78 is 39.2. The molecule has 0 saturated carbocycles. The number of nitrogens with zero attached hydrogens (tertiary/aromatic N) is 3. The number of carbonyl (C=O) groups excluding carboxylic acids is 4. The van der Waals surface area contributed by atoms with Crippen molar-refractivity contribution >= 4 is 99.0 Å². The standard InChI is InChI=1S/C34H27Cl2N3O12.C24H14Cl2O7.C5H5N/c35-25-14-23-30(16-28(25)40)51-31-17-29(41)26(36)15-24(31)32(23)22-12-19(4-6-21(22)34(43)44)33(42)37-7-9-50-11-10-49-8-1-2-18-3-5-20(38(45)46)13-27(18)39(47)48;1-11-5-20-16(7-18(11)25)24(15-6-13(30-10-27)3-4-14(15)23(29)33-24)17-8-19(26)22(31-12(2)28)9-21(17)32-20;1-2-4-6-5-3-1/h3-6,12-17,40H,1-2,7-11H2,(H,37,42)(H,43,44);3-10H,1-2H3;1-5H. The van der Waals surface area contributed by atoms with Gasteiger partial charge in [-0.3, -0.25) is 44.4 Å². The number of phenolic OH excluding ortho intramolecular Hbond substituents is 1. The number of non-ortho nitro benzene ring substituents is 1. The number of aromatic hydroxyl groups is 1. The number of esters is 2.